The Bertz CT molecular complexity index is 609. The summed E-state index contributed by atoms with van der Waals surface area (Å²) < 4.78 is 11.7. The van der Waals surface area contributed by atoms with Gasteiger partial charge in [-0.05, 0) is 13.1 Å². The largest absolute Gasteiger partial charge is 0.464 e. The van der Waals surface area contributed by atoms with Gasteiger partial charge >= 0.3 is 5.97 Å². The third kappa shape index (κ3) is 3.59. The van der Waals surface area contributed by atoms with E-state index < -0.39 is 0 Å². The molecule has 0 amide bonds. The van der Waals surface area contributed by atoms with Gasteiger partial charge in [-0.2, -0.15) is 5.10 Å². The van der Waals surface area contributed by atoms with Gasteiger partial charge in [0.2, 0.25) is 0 Å². The minimum Gasteiger partial charge on any atom is -0.464 e. The Morgan fingerprint density at radius 3 is 2.76 bits per heavy atom. The summed E-state index contributed by atoms with van der Waals surface area (Å²) in [6, 6.07) is 7.59. The zero-order chi connectivity index (χ0) is 15.2. The van der Waals surface area contributed by atoms with E-state index in [0.29, 0.717) is 18.8 Å². The van der Waals surface area contributed by atoms with Crippen LogP contribution in [0.2, 0.25) is 0 Å². The van der Waals surface area contributed by atoms with Gasteiger partial charge in [-0.1, -0.05) is 18.2 Å². The van der Waals surface area contributed by atoms with Crippen molar-refractivity contribution in [2.75, 3.05) is 41.0 Å². The molecule has 1 heterocycles. The van der Waals surface area contributed by atoms with E-state index in [2.05, 4.69) is 10.00 Å². The lowest BCUT2D eigenvalue weighted by Gasteiger charge is -2.16. The van der Waals surface area contributed by atoms with Crippen LogP contribution in [0, 0.1) is 0 Å². The normalized spacial score (nSPS) is 11.2. The molecule has 21 heavy (non-hydrogen) atoms. The number of aromatic nitrogens is 2. The second-order valence-corrected chi connectivity index (χ2v) is 4.88. The van der Waals surface area contributed by atoms with Gasteiger partial charge in [0.1, 0.15) is 0 Å². The maximum Gasteiger partial charge on any atom is 0.356 e. The topological polar surface area (TPSA) is 56.6 Å². The van der Waals surface area contributed by atoms with Crippen LogP contribution < -0.4 is 0 Å². The van der Waals surface area contributed by atoms with Crippen LogP contribution in [0.15, 0.2) is 24.3 Å². The lowest BCUT2D eigenvalue weighted by Crippen LogP contribution is -2.28. The second-order valence-electron chi connectivity index (χ2n) is 4.88. The number of hydrogen-bond acceptors (Lipinski definition) is 5. The van der Waals surface area contributed by atoms with Crippen molar-refractivity contribution in [3.05, 3.63) is 30.0 Å². The van der Waals surface area contributed by atoms with Crippen LogP contribution >= 0.6 is 0 Å². The summed E-state index contributed by atoms with van der Waals surface area (Å²) in [5.74, 6) is -0.358. The first-order chi connectivity index (χ1) is 10.2. The zero-order valence-corrected chi connectivity index (χ0v) is 12.7. The van der Waals surface area contributed by atoms with Crippen molar-refractivity contribution in [2.24, 2.45) is 0 Å². The van der Waals surface area contributed by atoms with E-state index in [9.17, 15) is 4.79 Å². The van der Waals surface area contributed by atoms with Crippen LogP contribution in [0.5, 0.6) is 0 Å². The van der Waals surface area contributed by atoms with Crippen molar-refractivity contribution < 1.29 is 14.3 Å². The molecule has 0 aliphatic heterocycles. The van der Waals surface area contributed by atoms with Gasteiger partial charge in [0.25, 0.3) is 0 Å². The number of fused-ring (bicyclic) bond motifs is 1. The number of nitrogens with zero attached hydrogens (tertiary/aromatic N) is 3. The Balaban J connectivity index is 2.20. The Kier molecular flexibility index (Phi) is 5.30. The van der Waals surface area contributed by atoms with Crippen LogP contribution in [0.1, 0.15) is 10.5 Å². The number of methoxy groups -OCH3 is 2. The van der Waals surface area contributed by atoms with Crippen molar-refractivity contribution in [1.29, 1.82) is 0 Å². The summed E-state index contributed by atoms with van der Waals surface area (Å²) >= 11 is 0. The average Bonchev–Trinajstić information content (AvgIpc) is 2.88. The number of hydrogen-bond donors (Lipinski definition) is 0. The van der Waals surface area contributed by atoms with E-state index in [-0.39, 0.29) is 5.97 Å². The highest BCUT2D eigenvalue weighted by Gasteiger charge is 2.18. The Morgan fingerprint density at radius 1 is 1.29 bits per heavy atom. The summed E-state index contributed by atoms with van der Waals surface area (Å²) in [5.41, 5.74) is 1.31. The highest BCUT2D eigenvalue weighted by Crippen LogP contribution is 2.19. The number of likely N-dealkylation sites (N-methyl/N-ethyl adjacent to an activating group) is 1. The number of esters is 1. The summed E-state index contributed by atoms with van der Waals surface area (Å²) in [4.78, 5) is 14.1. The molecule has 0 radical (unpaired) electrons. The molecule has 0 saturated carbocycles. The fourth-order valence-corrected chi connectivity index (χ4v) is 2.18. The molecule has 114 valence electrons. The molecule has 0 fully saturated rings. The van der Waals surface area contributed by atoms with Gasteiger partial charge in [-0.3, -0.25) is 4.68 Å². The molecule has 0 bridgehead atoms. The number of rotatable bonds is 7. The first-order valence-corrected chi connectivity index (χ1v) is 6.88. The molecule has 0 aliphatic rings. The van der Waals surface area contributed by atoms with Gasteiger partial charge in [-0.15, -0.1) is 0 Å². The van der Waals surface area contributed by atoms with E-state index in [4.69, 9.17) is 9.47 Å². The predicted molar refractivity (Wildman–Crippen MR) is 80.4 cm³/mol. The summed E-state index contributed by atoms with van der Waals surface area (Å²) in [6.45, 7) is 2.92. The molecule has 0 saturated heterocycles. The first-order valence-electron chi connectivity index (χ1n) is 6.88. The summed E-state index contributed by atoms with van der Waals surface area (Å²) in [6.07, 6.45) is 0. The molecule has 0 N–H and O–H groups in total. The third-order valence-electron chi connectivity index (χ3n) is 3.40. The van der Waals surface area contributed by atoms with Crippen molar-refractivity contribution in [3.8, 4) is 0 Å². The highest BCUT2D eigenvalue weighted by molar-refractivity contribution is 6.02. The Hall–Kier alpha value is -1.92. The van der Waals surface area contributed by atoms with Gasteiger partial charge in [0.05, 0.1) is 25.8 Å². The number of ether oxygens (including phenoxy) is 2. The smallest absolute Gasteiger partial charge is 0.356 e. The predicted octanol–water partition coefficient (Wildman–Crippen LogP) is 1.40. The fourth-order valence-electron chi connectivity index (χ4n) is 2.18. The summed E-state index contributed by atoms with van der Waals surface area (Å²) in [7, 11) is 5.09. The maximum absolute atomic E-state index is 12.0. The van der Waals surface area contributed by atoms with Crippen molar-refractivity contribution in [2.45, 2.75) is 6.54 Å². The van der Waals surface area contributed by atoms with E-state index in [0.717, 1.165) is 24.0 Å². The van der Waals surface area contributed by atoms with Gasteiger partial charge in [-0.25, -0.2) is 4.79 Å². The quantitative estimate of drug-likeness (QED) is 0.722. The molecule has 6 heteroatoms. The van der Waals surface area contributed by atoms with E-state index in [1.807, 2.05) is 31.3 Å². The van der Waals surface area contributed by atoms with E-state index in [1.54, 1.807) is 11.8 Å². The van der Waals surface area contributed by atoms with Gasteiger partial charge in [0, 0.05) is 25.6 Å². The van der Waals surface area contributed by atoms with E-state index in [1.165, 1.54) is 7.11 Å². The van der Waals surface area contributed by atoms with E-state index >= 15 is 0 Å². The number of carbonyl (C=O) groups excluding carboxylic acids is 1. The molecule has 0 atom stereocenters. The number of benzene rings is 1. The Labute approximate surface area is 124 Å². The number of carbonyl (C=O) groups is 1. The Morgan fingerprint density at radius 2 is 2.05 bits per heavy atom. The first kappa shape index (κ1) is 15.5. The zero-order valence-electron chi connectivity index (χ0n) is 12.7. The van der Waals surface area contributed by atoms with Crippen LogP contribution in [0.3, 0.4) is 0 Å². The lowest BCUT2D eigenvalue weighted by atomic mass is 10.2. The van der Waals surface area contributed by atoms with Crippen molar-refractivity contribution >= 4 is 16.9 Å². The molecule has 0 unspecified atom stereocenters. The molecule has 1 aromatic carbocycles. The van der Waals surface area contributed by atoms with Crippen molar-refractivity contribution in [3.63, 3.8) is 0 Å². The van der Waals surface area contributed by atoms with Crippen LogP contribution in [0.4, 0.5) is 0 Å². The molecule has 2 aromatic rings. The molecular formula is C15H21N3O3. The van der Waals surface area contributed by atoms with Crippen LogP contribution in [-0.4, -0.2) is 61.6 Å². The summed E-state index contributed by atoms with van der Waals surface area (Å²) in [5, 5.41) is 5.31. The molecule has 0 aliphatic carbocycles. The minimum atomic E-state index is -0.358. The van der Waals surface area contributed by atoms with Crippen LogP contribution in [0.25, 0.3) is 10.9 Å². The minimum absolute atomic E-state index is 0.358. The fraction of sp³-hybridized carbons (Fsp3) is 0.467. The molecule has 6 nitrogen and oxygen atoms in total. The van der Waals surface area contributed by atoms with Crippen molar-refractivity contribution in [1.82, 2.24) is 14.7 Å². The average molecular weight is 291 g/mol. The maximum atomic E-state index is 12.0. The SMILES string of the molecule is COCCN(C)CCn1nc2ccccc2c1C(=O)OC. The second kappa shape index (κ2) is 7.19. The third-order valence-corrected chi connectivity index (χ3v) is 3.40. The van der Waals surface area contributed by atoms with Gasteiger partial charge < -0.3 is 14.4 Å². The standard InChI is InChI=1S/C15H21N3O3/c1-17(10-11-20-2)8-9-18-14(15(19)21-3)12-6-4-5-7-13(12)16-18/h4-7H,8-11H2,1-3H3. The lowest BCUT2D eigenvalue weighted by molar-refractivity contribution is 0.0587. The molecule has 0 spiro atoms. The molecule has 1 aromatic heterocycles. The van der Waals surface area contributed by atoms with Gasteiger partial charge in [0.15, 0.2) is 5.69 Å². The molecular weight excluding hydrogens is 270 g/mol. The monoisotopic (exact) mass is 291 g/mol. The molecule has 2 rings (SSSR count). The van der Waals surface area contributed by atoms with Crippen LogP contribution in [-0.2, 0) is 16.0 Å². The highest BCUT2D eigenvalue weighted by atomic mass is 16.5.